The molecule has 0 fully saturated rings. The Kier molecular flexibility index (Phi) is 3.51. The monoisotopic (exact) mass is 354 g/mol. The quantitative estimate of drug-likeness (QED) is 0.521. The van der Waals surface area contributed by atoms with Crippen LogP contribution in [0.3, 0.4) is 0 Å². The Morgan fingerprint density at radius 1 is 0.875 bits per heavy atom. The molecule has 0 unspecified atom stereocenters. The number of thiophene rings is 2. The van der Waals surface area contributed by atoms with Gasteiger partial charge in [0.1, 0.15) is 0 Å². The minimum absolute atomic E-state index is 0.0747. The predicted molar refractivity (Wildman–Crippen MR) is 103 cm³/mol. The van der Waals surface area contributed by atoms with Crippen LogP contribution >= 0.6 is 22.7 Å². The first-order valence-electron chi connectivity index (χ1n) is 7.46. The highest BCUT2D eigenvalue weighted by atomic mass is 32.2. The molecular weight excluding hydrogens is 340 g/mol. The fourth-order valence-corrected chi connectivity index (χ4v) is 5.59. The molecule has 0 aliphatic heterocycles. The standard InChI is InChI=1S/C18H14N2O2S2/c1-9(21)19-11-6-7-12-15(8-11)24-18-16(12)17-13(20-10(2)22)4-3-5-14(17)23-18/h3-8H,1-2H3,(H,19,21)(H,20,22). The molecule has 0 aliphatic carbocycles. The van der Waals surface area contributed by atoms with Crippen LogP contribution in [-0.2, 0) is 9.59 Å². The zero-order valence-electron chi connectivity index (χ0n) is 13.1. The first kappa shape index (κ1) is 15.1. The second-order valence-corrected chi connectivity index (χ2v) is 7.98. The lowest BCUT2D eigenvalue weighted by Crippen LogP contribution is -2.05. The van der Waals surface area contributed by atoms with Crippen LogP contribution in [0.4, 0.5) is 11.4 Å². The second-order valence-electron chi connectivity index (χ2n) is 5.62. The first-order valence-corrected chi connectivity index (χ1v) is 9.09. The van der Waals surface area contributed by atoms with Crippen molar-refractivity contribution in [2.75, 3.05) is 10.6 Å². The predicted octanol–water partition coefficient (Wildman–Crippen LogP) is 5.19. The number of nitrogens with one attached hydrogen (secondary N) is 2. The fraction of sp³-hybridized carbons (Fsp3) is 0.111. The van der Waals surface area contributed by atoms with E-state index in [1.165, 1.54) is 23.2 Å². The van der Waals surface area contributed by atoms with Gasteiger partial charge in [0, 0.05) is 45.1 Å². The van der Waals surface area contributed by atoms with Crippen LogP contribution in [0.1, 0.15) is 13.8 Å². The molecule has 0 saturated carbocycles. The van der Waals surface area contributed by atoms with Crippen LogP contribution in [0, 0.1) is 0 Å². The van der Waals surface area contributed by atoms with Gasteiger partial charge in [0.15, 0.2) is 0 Å². The Morgan fingerprint density at radius 3 is 2.38 bits per heavy atom. The normalized spacial score (nSPS) is 11.2. The molecule has 0 atom stereocenters. The van der Waals surface area contributed by atoms with E-state index in [1.807, 2.05) is 30.3 Å². The van der Waals surface area contributed by atoms with Crippen LogP contribution in [-0.4, -0.2) is 11.8 Å². The topological polar surface area (TPSA) is 58.2 Å². The maximum atomic E-state index is 11.5. The van der Waals surface area contributed by atoms with E-state index in [0.717, 1.165) is 31.5 Å². The number of benzene rings is 2. The summed E-state index contributed by atoms with van der Waals surface area (Å²) in [7, 11) is 0. The molecule has 0 radical (unpaired) electrons. The number of amides is 2. The van der Waals surface area contributed by atoms with Crippen molar-refractivity contribution >= 4 is 75.4 Å². The van der Waals surface area contributed by atoms with E-state index in [1.54, 1.807) is 22.7 Å². The van der Waals surface area contributed by atoms with Gasteiger partial charge in [-0.25, -0.2) is 0 Å². The molecule has 0 bridgehead atoms. The molecule has 4 aromatic rings. The van der Waals surface area contributed by atoms with Crippen molar-refractivity contribution in [3.63, 3.8) is 0 Å². The molecule has 4 rings (SSSR count). The summed E-state index contributed by atoms with van der Waals surface area (Å²) < 4.78 is 3.51. The SMILES string of the molecule is CC(=O)Nc1ccc2c(c1)sc1sc3cccc(NC(C)=O)c3c12. The van der Waals surface area contributed by atoms with Crippen molar-refractivity contribution in [2.45, 2.75) is 13.8 Å². The van der Waals surface area contributed by atoms with Crippen LogP contribution in [0.25, 0.3) is 29.6 Å². The Labute approximate surface area is 146 Å². The zero-order chi connectivity index (χ0) is 16.8. The average Bonchev–Trinajstić information content (AvgIpc) is 3.01. The Hall–Kier alpha value is -2.44. The third kappa shape index (κ3) is 2.44. The molecule has 0 saturated heterocycles. The summed E-state index contributed by atoms with van der Waals surface area (Å²) in [5.41, 5.74) is 1.65. The minimum Gasteiger partial charge on any atom is -0.326 e. The number of hydrogen-bond donors (Lipinski definition) is 2. The van der Waals surface area contributed by atoms with Gasteiger partial charge in [-0.1, -0.05) is 12.1 Å². The van der Waals surface area contributed by atoms with Gasteiger partial charge < -0.3 is 10.6 Å². The van der Waals surface area contributed by atoms with E-state index >= 15 is 0 Å². The number of carbonyl (C=O) groups excluding carboxylic acids is 2. The van der Waals surface area contributed by atoms with Crippen molar-refractivity contribution < 1.29 is 9.59 Å². The Morgan fingerprint density at radius 2 is 1.62 bits per heavy atom. The van der Waals surface area contributed by atoms with Gasteiger partial charge in [0.05, 0.1) is 9.70 Å². The first-order chi connectivity index (χ1) is 11.5. The smallest absolute Gasteiger partial charge is 0.221 e. The zero-order valence-corrected chi connectivity index (χ0v) is 14.7. The molecule has 2 amide bonds. The summed E-state index contributed by atoms with van der Waals surface area (Å²) in [6.45, 7) is 3.03. The van der Waals surface area contributed by atoms with E-state index in [9.17, 15) is 9.59 Å². The summed E-state index contributed by atoms with van der Waals surface area (Å²) in [5, 5.41) is 9.17. The second kappa shape index (κ2) is 5.58. The molecule has 2 aromatic carbocycles. The van der Waals surface area contributed by atoms with Gasteiger partial charge in [0.2, 0.25) is 11.8 Å². The molecule has 4 nitrogen and oxygen atoms in total. The van der Waals surface area contributed by atoms with Gasteiger partial charge in [-0.15, -0.1) is 22.7 Å². The molecule has 24 heavy (non-hydrogen) atoms. The van der Waals surface area contributed by atoms with Crippen molar-refractivity contribution in [1.82, 2.24) is 0 Å². The Balaban J connectivity index is 2.00. The summed E-state index contributed by atoms with van der Waals surface area (Å²) in [6, 6.07) is 11.9. The van der Waals surface area contributed by atoms with Crippen LogP contribution in [0.5, 0.6) is 0 Å². The number of hydrogen-bond acceptors (Lipinski definition) is 4. The van der Waals surface area contributed by atoms with E-state index in [0.29, 0.717) is 0 Å². The van der Waals surface area contributed by atoms with Crippen LogP contribution < -0.4 is 10.6 Å². The summed E-state index contributed by atoms with van der Waals surface area (Å²) in [6.07, 6.45) is 0. The lowest BCUT2D eigenvalue weighted by Gasteiger charge is -2.05. The van der Waals surface area contributed by atoms with Gasteiger partial charge in [-0.2, -0.15) is 0 Å². The molecule has 2 heterocycles. The molecule has 0 aliphatic rings. The van der Waals surface area contributed by atoms with E-state index < -0.39 is 0 Å². The van der Waals surface area contributed by atoms with E-state index in [-0.39, 0.29) is 11.8 Å². The summed E-state index contributed by atoms with van der Waals surface area (Å²) in [5.74, 6) is -0.152. The summed E-state index contributed by atoms with van der Waals surface area (Å²) in [4.78, 5) is 22.8. The maximum Gasteiger partial charge on any atom is 0.221 e. The maximum absolute atomic E-state index is 11.5. The Bertz CT molecular complexity index is 1120. The van der Waals surface area contributed by atoms with Gasteiger partial charge in [-0.05, 0) is 24.3 Å². The third-order valence-electron chi connectivity index (χ3n) is 3.77. The largest absolute Gasteiger partial charge is 0.326 e. The highest BCUT2D eigenvalue weighted by Crippen LogP contribution is 2.46. The van der Waals surface area contributed by atoms with Crippen molar-refractivity contribution in [3.05, 3.63) is 36.4 Å². The highest BCUT2D eigenvalue weighted by Gasteiger charge is 2.15. The molecule has 2 aromatic heterocycles. The molecule has 120 valence electrons. The van der Waals surface area contributed by atoms with Gasteiger partial charge >= 0.3 is 0 Å². The molecular formula is C18H14N2O2S2. The number of rotatable bonds is 2. The molecule has 0 spiro atoms. The molecule has 6 heteroatoms. The third-order valence-corrected chi connectivity index (χ3v) is 6.16. The number of anilines is 2. The van der Waals surface area contributed by atoms with Crippen molar-refractivity contribution in [1.29, 1.82) is 0 Å². The van der Waals surface area contributed by atoms with Crippen molar-refractivity contribution in [2.24, 2.45) is 0 Å². The average molecular weight is 354 g/mol. The summed E-state index contributed by atoms with van der Waals surface area (Å²) >= 11 is 3.44. The van der Waals surface area contributed by atoms with Crippen molar-refractivity contribution in [3.8, 4) is 0 Å². The van der Waals surface area contributed by atoms with E-state index in [4.69, 9.17) is 0 Å². The minimum atomic E-state index is -0.0777. The number of carbonyl (C=O) groups is 2. The fourth-order valence-electron chi connectivity index (χ4n) is 2.93. The lowest BCUT2D eigenvalue weighted by atomic mass is 10.1. The van der Waals surface area contributed by atoms with Crippen LogP contribution in [0.2, 0.25) is 0 Å². The number of fused-ring (bicyclic) bond motifs is 5. The van der Waals surface area contributed by atoms with Gasteiger partial charge in [-0.3, -0.25) is 9.59 Å². The van der Waals surface area contributed by atoms with Crippen LogP contribution in [0.15, 0.2) is 36.4 Å². The molecule has 2 N–H and O–H groups in total. The lowest BCUT2D eigenvalue weighted by molar-refractivity contribution is -0.115. The highest BCUT2D eigenvalue weighted by molar-refractivity contribution is 7.44. The van der Waals surface area contributed by atoms with Gasteiger partial charge in [0.25, 0.3) is 0 Å². The van der Waals surface area contributed by atoms with E-state index in [2.05, 4.69) is 16.7 Å².